The van der Waals surface area contributed by atoms with E-state index in [-0.39, 0.29) is 16.2 Å². The van der Waals surface area contributed by atoms with Crippen molar-refractivity contribution in [3.05, 3.63) is 65.4 Å². The fourth-order valence-corrected chi connectivity index (χ4v) is 6.43. The molecule has 0 saturated heterocycles. The van der Waals surface area contributed by atoms with Crippen molar-refractivity contribution < 1.29 is 4.42 Å². The Morgan fingerprint density at radius 1 is 0.784 bits per heavy atom. The lowest BCUT2D eigenvalue weighted by atomic mass is 9.63. The molecule has 0 aliphatic heterocycles. The fraction of sp³-hybridized carbons (Fsp3) is 0.514. The van der Waals surface area contributed by atoms with Crippen LogP contribution in [-0.4, -0.2) is 4.98 Å². The summed E-state index contributed by atoms with van der Waals surface area (Å²) in [6, 6.07) is 15.5. The van der Waals surface area contributed by atoms with E-state index in [4.69, 9.17) is 9.40 Å². The van der Waals surface area contributed by atoms with E-state index in [1.54, 1.807) is 0 Å². The molecule has 2 aliphatic rings. The summed E-state index contributed by atoms with van der Waals surface area (Å²) in [6.07, 6.45) is 7.06. The Balaban J connectivity index is 0.000000765. The predicted molar refractivity (Wildman–Crippen MR) is 161 cm³/mol. The van der Waals surface area contributed by atoms with Crippen LogP contribution >= 0.6 is 0 Å². The first-order valence-corrected chi connectivity index (χ1v) is 14.6. The van der Waals surface area contributed by atoms with Gasteiger partial charge in [-0.2, -0.15) is 0 Å². The second-order valence-electron chi connectivity index (χ2n) is 12.1. The van der Waals surface area contributed by atoms with Crippen LogP contribution in [0.4, 0.5) is 0 Å². The van der Waals surface area contributed by atoms with Crippen LogP contribution in [0.5, 0.6) is 0 Å². The highest BCUT2D eigenvalue weighted by Gasteiger charge is 2.51. The maximum atomic E-state index is 6.31. The van der Waals surface area contributed by atoms with Gasteiger partial charge in [-0.25, -0.2) is 0 Å². The Morgan fingerprint density at radius 3 is 2.08 bits per heavy atom. The minimum absolute atomic E-state index is 0.168. The molecular weight excluding hydrogens is 450 g/mol. The smallest absolute Gasteiger partial charge is 0.136 e. The van der Waals surface area contributed by atoms with Crippen molar-refractivity contribution >= 4 is 21.9 Å². The molecule has 0 spiro atoms. The molecule has 2 heterocycles. The van der Waals surface area contributed by atoms with E-state index in [9.17, 15) is 0 Å². The van der Waals surface area contributed by atoms with Crippen molar-refractivity contribution in [2.45, 2.75) is 111 Å². The van der Waals surface area contributed by atoms with Crippen molar-refractivity contribution in [1.82, 2.24) is 4.98 Å². The number of fused-ring (bicyclic) bond motifs is 4. The van der Waals surface area contributed by atoms with Gasteiger partial charge in [0.15, 0.2) is 0 Å². The third kappa shape index (κ3) is 4.51. The third-order valence-electron chi connectivity index (χ3n) is 9.05. The SMILES string of the molecule is CC.CC.CCC1CC1(C)c1cc2c(cc1-c1cc3c(cn1)C(C)(C)CCC3(C)C)oc1ccccc12. The number of nitrogens with zero attached hydrogens (tertiary/aromatic N) is 1. The summed E-state index contributed by atoms with van der Waals surface area (Å²) in [5.41, 5.74) is 9.15. The van der Waals surface area contributed by atoms with E-state index in [0.29, 0.717) is 0 Å². The normalized spacial score (nSPS) is 22.9. The zero-order valence-electron chi connectivity index (χ0n) is 24.9. The number of benzene rings is 2. The Kier molecular flexibility index (Phi) is 7.36. The predicted octanol–water partition coefficient (Wildman–Crippen LogP) is 10.7. The molecule has 2 heteroatoms. The molecule has 0 radical (unpaired) electrons. The van der Waals surface area contributed by atoms with E-state index >= 15 is 0 Å². The van der Waals surface area contributed by atoms with Crippen LogP contribution in [0, 0.1) is 5.92 Å². The number of hydrogen-bond donors (Lipinski definition) is 0. The minimum Gasteiger partial charge on any atom is -0.456 e. The maximum Gasteiger partial charge on any atom is 0.136 e. The second kappa shape index (κ2) is 9.93. The molecule has 37 heavy (non-hydrogen) atoms. The largest absolute Gasteiger partial charge is 0.456 e. The van der Waals surface area contributed by atoms with E-state index in [0.717, 1.165) is 22.8 Å². The average Bonchev–Trinajstić information content (AvgIpc) is 3.46. The van der Waals surface area contributed by atoms with Crippen LogP contribution in [0.1, 0.15) is 112 Å². The first-order chi connectivity index (χ1) is 17.6. The summed E-state index contributed by atoms with van der Waals surface area (Å²) in [5.74, 6) is 0.736. The van der Waals surface area contributed by atoms with Crippen molar-refractivity contribution in [1.29, 1.82) is 0 Å². The summed E-state index contributed by atoms with van der Waals surface area (Å²) in [5, 5.41) is 2.44. The van der Waals surface area contributed by atoms with Crippen LogP contribution in [-0.2, 0) is 16.2 Å². The van der Waals surface area contributed by atoms with Gasteiger partial charge >= 0.3 is 0 Å². The summed E-state index contributed by atoms with van der Waals surface area (Å²) >= 11 is 0. The molecule has 2 aliphatic carbocycles. The van der Waals surface area contributed by atoms with Crippen LogP contribution < -0.4 is 0 Å². The van der Waals surface area contributed by atoms with Gasteiger partial charge in [0.05, 0.1) is 5.69 Å². The molecule has 2 aromatic carbocycles. The number of rotatable bonds is 3. The number of furan rings is 1. The first-order valence-electron chi connectivity index (χ1n) is 14.6. The highest BCUT2D eigenvalue weighted by Crippen LogP contribution is 2.58. The lowest BCUT2D eigenvalue weighted by molar-refractivity contribution is 0.331. The van der Waals surface area contributed by atoms with Gasteiger partial charge in [-0.05, 0) is 82.4 Å². The lowest BCUT2D eigenvalue weighted by Gasteiger charge is -2.41. The Morgan fingerprint density at radius 2 is 1.43 bits per heavy atom. The molecule has 2 nitrogen and oxygen atoms in total. The topological polar surface area (TPSA) is 26.0 Å². The van der Waals surface area contributed by atoms with Gasteiger partial charge in [0.2, 0.25) is 0 Å². The average molecular weight is 498 g/mol. The van der Waals surface area contributed by atoms with Gasteiger partial charge in [-0.1, -0.05) is 93.9 Å². The highest BCUT2D eigenvalue weighted by molar-refractivity contribution is 6.06. The molecule has 0 N–H and O–H groups in total. The van der Waals surface area contributed by atoms with E-state index in [1.807, 2.05) is 27.7 Å². The van der Waals surface area contributed by atoms with Crippen molar-refractivity contribution in [3.63, 3.8) is 0 Å². The molecule has 0 amide bonds. The molecular formula is C35H47NO. The van der Waals surface area contributed by atoms with Gasteiger partial charge < -0.3 is 4.42 Å². The number of pyridine rings is 1. The number of aromatic nitrogens is 1. The molecule has 0 bridgehead atoms. The zero-order chi connectivity index (χ0) is 27.2. The van der Waals surface area contributed by atoms with Crippen LogP contribution in [0.2, 0.25) is 0 Å². The van der Waals surface area contributed by atoms with Gasteiger partial charge in [0, 0.05) is 22.5 Å². The van der Waals surface area contributed by atoms with Crippen molar-refractivity contribution in [3.8, 4) is 11.3 Å². The molecule has 6 rings (SSSR count). The molecule has 1 saturated carbocycles. The monoisotopic (exact) mass is 497 g/mol. The Hall–Kier alpha value is -2.61. The van der Waals surface area contributed by atoms with Gasteiger partial charge in [0.25, 0.3) is 0 Å². The van der Waals surface area contributed by atoms with Crippen molar-refractivity contribution in [2.75, 3.05) is 0 Å². The number of hydrogen-bond acceptors (Lipinski definition) is 2. The minimum atomic E-state index is 0.168. The molecule has 2 atom stereocenters. The fourth-order valence-electron chi connectivity index (χ4n) is 6.43. The van der Waals surface area contributed by atoms with Gasteiger partial charge in [-0.15, -0.1) is 0 Å². The zero-order valence-corrected chi connectivity index (χ0v) is 24.9. The second-order valence-corrected chi connectivity index (χ2v) is 12.1. The Labute approximate surface area is 224 Å². The van der Waals surface area contributed by atoms with Crippen LogP contribution in [0.15, 0.2) is 53.1 Å². The van der Waals surface area contributed by atoms with E-state index in [2.05, 4.69) is 90.2 Å². The van der Waals surface area contributed by atoms with E-state index < -0.39 is 0 Å². The van der Waals surface area contributed by atoms with E-state index in [1.165, 1.54) is 58.7 Å². The molecule has 2 aromatic heterocycles. The first kappa shape index (κ1) is 27.4. The van der Waals surface area contributed by atoms with Gasteiger partial charge in [0.1, 0.15) is 11.2 Å². The van der Waals surface area contributed by atoms with Crippen LogP contribution in [0.25, 0.3) is 33.2 Å². The summed E-state index contributed by atoms with van der Waals surface area (Å²) in [7, 11) is 0. The third-order valence-corrected chi connectivity index (χ3v) is 9.05. The summed E-state index contributed by atoms with van der Waals surface area (Å²) in [6.45, 7) is 22.3. The molecule has 4 aromatic rings. The maximum absolute atomic E-state index is 6.31. The summed E-state index contributed by atoms with van der Waals surface area (Å²) < 4.78 is 6.31. The standard InChI is InChI=1S/C31H35NO.2C2H6/c1-7-19-17-31(19,6)23-14-21-20-10-8-9-11-27(20)33-28(21)15-22(23)26-16-24-25(18-32-26)30(4,5)13-12-29(24,2)3;2*1-2/h8-11,14-16,18-19H,7,12-13,17H2,1-6H3;2*1-2H3. The number of para-hydroxylation sites is 1. The van der Waals surface area contributed by atoms with Crippen LogP contribution in [0.3, 0.4) is 0 Å². The Bertz CT molecular complexity index is 1410. The molecule has 198 valence electrons. The molecule has 2 unspecified atom stereocenters. The highest BCUT2D eigenvalue weighted by atomic mass is 16.3. The lowest BCUT2D eigenvalue weighted by Crippen LogP contribution is -2.34. The summed E-state index contributed by atoms with van der Waals surface area (Å²) in [4.78, 5) is 5.10. The quantitative estimate of drug-likeness (QED) is 0.281. The molecule has 1 fully saturated rings. The van der Waals surface area contributed by atoms with Crippen molar-refractivity contribution in [2.24, 2.45) is 5.92 Å². The van der Waals surface area contributed by atoms with Gasteiger partial charge in [-0.3, -0.25) is 4.98 Å².